The maximum atomic E-state index is 13.4. The van der Waals surface area contributed by atoms with E-state index < -0.39 is 18.2 Å². The molecule has 8 nitrogen and oxygen atoms in total. The first-order valence-corrected chi connectivity index (χ1v) is 12.8. The van der Waals surface area contributed by atoms with Gasteiger partial charge in [-0.2, -0.15) is 0 Å². The SMILES string of the molecule is CC(=O)c1sc(NC(=O)N[C@@H]2CCCO[C@@H]2C(=O)N2CCCC(Cc3ccc(F)cc3)C2)nc1C. The van der Waals surface area contributed by atoms with Gasteiger partial charge in [0.2, 0.25) is 0 Å². The second kappa shape index (κ2) is 11.3. The van der Waals surface area contributed by atoms with Crippen molar-refractivity contribution in [3.05, 3.63) is 46.2 Å². The van der Waals surface area contributed by atoms with E-state index in [4.69, 9.17) is 4.74 Å². The Balaban J connectivity index is 1.36. The maximum absolute atomic E-state index is 13.4. The summed E-state index contributed by atoms with van der Waals surface area (Å²) >= 11 is 1.13. The number of nitrogens with one attached hydrogen (secondary N) is 2. The number of ether oxygens (including phenoxy) is 1. The van der Waals surface area contributed by atoms with Crippen molar-refractivity contribution in [2.24, 2.45) is 5.92 Å². The van der Waals surface area contributed by atoms with Gasteiger partial charge in [0.25, 0.3) is 5.91 Å². The number of carbonyl (C=O) groups excluding carboxylic acids is 3. The first-order chi connectivity index (χ1) is 16.8. The molecule has 0 saturated carbocycles. The second-order valence-corrected chi connectivity index (χ2v) is 10.3. The molecule has 3 atom stereocenters. The van der Waals surface area contributed by atoms with E-state index in [0.29, 0.717) is 47.7 Å². The van der Waals surface area contributed by atoms with Gasteiger partial charge in [-0.25, -0.2) is 14.2 Å². The van der Waals surface area contributed by atoms with Crippen LogP contribution in [0.15, 0.2) is 24.3 Å². The van der Waals surface area contributed by atoms with Crippen LogP contribution in [0.2, 0.25) is 0 Å². The van der Waals surface area contributed by atoms with Crippen LogP contribution in [0.25, 0.3) is 0 Å². The predicted molar refractivity (Wildman–Crippen MR) is 131 cm³/mol. The number of likely N-dealkylation sites (tertiary alicyclic amines) is 1. The molecule has 2 aliphatic rings. The summed E-state index contributed by atoms with van der Waals surface area (Å²) in [6.45, 7) is 4.92. The van der Waals surface area contributed by atoms with Crippen LogP contribution in [0.3, 0.4) is 0 Å². The monoisotopic (exact) mass is 502 g/mol. The van der Waals surface area contributed by atoms with E-state index in [0.717, 1.165) is 42.6 Å². The normalized spacial score (nSPS) is 22.5. The number of hydrogen-bond donors (Lipinski definition) is 2. The maximum Gasteiger partial charge on any atom is 0.321 e. The fourth-order valence-corrected chi connectivity index (χ4v) is 5.67. The van der Waals surface area contributed by atoms with Gasteiger partial charge in [0.1, 0.15) is 5.82 Å². The molecule has 4 rings (SSSR count). The average molecular weight is 503 g/mol. The highest BCUT2D eigenvalue weighted by Crippen LogP contribution is 2.25. The van der Waals surface area contributed by atoms with Gasteiger partial charge in [-0.05, 0) is 62.6 Å². The zero-order valence-corrected chi connectivity index (χ0v) is 20.8. The molecule has 3 amide bonds. The van der Waals surface area contributed by atoms with Crippen molar-refractivity contribution in [3.8, 4) is 0 Å². The van der Waals surface area contributed by atoms with E-state index in [-0.39, 0.29) is 17.5 Å². The number of anilines is 1. The Morgan fingerprint density at radius 1 is 1.20 bits per heavy atom. The number of carbonyl (C=O) groups is 3. The van der Waals surface area contributed by atoms with E-state index in [1.807, 2.05) is 4.90 Å². The van der Waals surface area contributed by atoms with Gasteiger partial charge in [-0.3, -0.25) is 14.9 Å². The molecule has 2 fully saturated rings. The van der Waals surface area contributed by atoms with Crippen LogP contribution in [0.4, 0.5) is 14.3 Å². The summed E-state index contributed by atoms with van der Waals surface area (Å²) in [5.74, 6) is -0.169. The summed E-state index contributed by atoms with van der Waals surface area (Å²) < 4.78 is 19.1. The van der Waals surface area contributed by atoms with Crippen molar-refractivity contribution in [2.45, 2.75) is 58.1 Å². The van der Waals surface area contributed by atoms with E-state index in [2.05, 4.69) is 15.6 Å². The number of ketones is 1. The van der Waals surface area contributed by atoms with E-state index >= 15 is 0 Å². The second-order valence-electron chi connectivity index (χ2n) is 9.25. The molecule has 0 aliphatic carbocycles. The molecule has 188 valence electrons. The fraction of sp³-hybridized carbons (Fsp3) is 0.520. The van der Waals surface area contributed by atoms with Gasteiger partial charge in [0.15, 0.2) is 17.0 Å². The molecule has 1 aromatic carbocycles. The minimum absolute atomic E-state index is 0.0981. The largest absolute Gasteiger partial charge is 0.366 e. The predicted octanol–water partition coefficient (Wildman–Crippen LogP) is 3.94. The number of benzene rings is 1. The quantitative estimate of drug-likeness (QED) is 0.583. The molecule has 2 aromatic rings. The van der Waals surface area contributed by atoms with E-state index in [9.17, 15) is 18.8 Å². The number of Topliss-reactive ketones (excluding diaryl/α,β-unsaturated/α-hetero) is 1. The first kappa shape index (κ1) is 25.2. The highest BCUT2D eigenvalue weighted by atomic mass is 32.1. The Labute approximate surface area is 208 Å². The molecule has 1 aromatic heterocycles. The molecule has 2 saturated heterocycles. The van der Waals surface area contributed by atoms with Gasteiger partial charge in [0.05, 0.1) is 16.6 Å². The summed E-state index contributed by atoms with van der Waals surface area (Å²) in [7, 11) is 0. The number of aromatic nitrogens is 1. The molecule has 0 radical (unpaired) electrons. The minimum atomic E-state index is -0.745. The number of aryl methyl sites for hydroxylation is 1. The molecule has 2 aliphatic heterocycles. The van der Waals surface area contributed by atoms with E-state index in [1.54, 1.807) is 19.1 Å². The summed E-state index contributed by atoms with van der Waals surface area (Å²) in [4.78, 5) is 44.3. The van der Waals surface area contributed by atoms with Crippen molar-refractivity contribution in [1.82, 2.24) is 15.2 Å². The van der Waals surface area contributed by atoms with Gasteiger partial charge in [-0.1, -0.05) is 23.5 Å². The summed E-state index contributed by atoms with van der Waals surface area (Å²) in [5, 5.41) is 5.89. The highest BCUT2D eigenvalue weighted by Gasteiger charge is 2.37. The zero-order chi connectivity index (χ0) is 24.9. The molecule has 35 heavy (non-hydrogen) atoms. The summed E-state index contributed by atoms with van der Waals surface area (Å²) in [6.07, 6.45) is 3.32. The number of hydrogen-bond acceptors (Lipinski definition) is 6. The molecular weight excluding hydrogens is 471 g/mol. The zero-order valence-electron chi connectivity index (χ0n) is 20.0. The van der Waals surface area contributed by atoms with Crippen LogP contribution in [-0.2, 0) is 16.0 Å². The Hall–Kier alpha value is -2.85. The number of nitrogens with zero attached hydrogens (tertiary/aromatic N) is 2. The Morgan fingerprint density at radius 3 is 2.69 bits per heavy atom. The number of rotatable bonds is 6. The fourth-order valence-electron chi connectivity index (χ4n) is 4.82. The number of amides is 3. The molecular formula is C25H31FN4O4S. The first-order valence-electron chi connectivity index (χ1n) is 12.0. The van der Waals surface area contributed by atoms with Crippen LogP contribution in [0, 0.1) is 18.7 Å². The van der Waals surface area contributed by atoms with Crippen LogP contribution in [-0.4, -0.2) is 59.4 Å². The lowest BCUT2D eigenvalue weighted by atomic mass is 9.90. The molecule has 10 heteroatoms. The van der Waals surface area contributed by atoms with Crippen LogP contribution >= 0.6 is 11.3 Å². The molecule has 2 N–H and O–H groups in total. The van der Waals surface area contributed by atoms with Gasteiger partial charge in [0, 0.05) is 26.6 Å². The van der Waals surface area contributed by atoms with Crippen molar-refractivity contribution in [2.75, 3.05) is 25.0 Å². The average Bonchev–Trinajstić information content (AvgIpc) is 3.20. The number of halogens is 1. The molecule has 0 bridgehead atoms. The van der Waals surface area contributed by atoms with Gasteiger partial charge >= 0.3 is 6.03 Å². The highest BCUT2D eigenvalue weighted by molar-refractivity contribution is 7.17. The van der Waals surface area contributed by atoms with Crippen molar-refractivity contribution in [1.29, 1.82) is 0 Å². The Morgan fingerprint density at radius 2 is 1.97 bits per heavy atom. The molecule has 3 heterocycles. The van der Waals surface area contributed by atoms with Crippen molar-refractivity contribution in [3.63, 3.8) is 0 Å². The van der Waals surface area contributed by atoms with Gasteiger partial charge < -0.3 is 15.0 Å². The lowest BCUT2D eigenvalue weighted by Gasteiger charge is -2.38. The molecule has 0 spiro atoms. The Kier molecular flexibility index (Phi) is 8.12. The van der Waals surface area contributed by atoms with Crippen LogP contribution in [0.5, 0.6) is 0 Å². The third kappa shape index (κ3) is 6.43. The minimum Gasteiger partial charge on any atom is -0.366 e. The molecule has 1 unspecified atom stereocenters. The smallest absolute Gasteiger partial charge is 0.321 e. The van der Waals surface area contributed by atoms with Crippen LogP contribution in [0.1, 0.15) is 53.5 Å². The lowest BCUT2D eigenvalue weighted by Crippen LogP contribution is -2.56. The standard InChI is InChI=1S/C25H31FN4O4S/c1-15-22(16(2)31)35-25(27-15)29-24(33)28-20-6-4-12-34-21(20)23(32)30-11-3-5-18(14-30)13-17-7-9-19(26)10-8-17/h7-10,18,20-21H,3-6,11-14H2,1-2H3,(H2,27,28,29,33)/t18?,20-,21+/m1/s1. The third-order valence-corrected chi connectivity index (χ3v) is 7.66. The summed E-state index contributed by atoms with van der Waals surface area (Å²) in [6, 6.07) is 5.58. The summed E-state index contributed by atoms with van der Waals surface area (Å²) in [5.41, 5.74) is 1.63. The van der Waals surface area contributed by atoms with Gasteiger partial charge in [-0.15, -0.1) is 0 Å². The number of urea groups is 1. The third-order valence-electron chi connectivity index (χ3n) is 6.49. The van der Waals surface area contributed by atoms with E-state index in [1.165, 1.54) is 19.1 Å². The number of piperidine rings is 1. The van der Waals surface area contributed by atoms with Crippen LogP contribution < -0.4 is 10.6 Å². The Bertz CT molecular complexity index is 1070. The number of thiazole rings is 1. The van der Waals surface area contributed by atoms with Crippen molar-refractivity contribution < 1.29 is 23.5 Å². The lowest BCUT2D eigenvalue weighted by molar-refractivity contribution is -0.150. The van der Waals surface area contributed by atoms with Crippen molar-refractivity contribution >= 4 is 34.2 Å². The topological polar surface area (TPSA) is 101 Å².